The van der Waals surface area contributed by atoms with E-state index >= 15 is 0 Å². The van der Waals surface area contributed by atoms with Gasteiger partial charge in [-0.05, 0) is 38.2 Å². The van der Waals surface area contributed by atoms with Crippen LogP contribution >= 0.6 is 0 Å². The van der Waals surface area contributed by atoms with E-state index in [9.17, 15) is 9.18 Å². The van der Waals surface area contributed by atoms with Crippen molar-refractivity contribution in [3.8, 4) is 0 Å². The maximum absolute atomic E-state index is 13.1. The summed E-state index contributed by atoms with van der Waals surface area (Å²) < 4.78 is 13.1. The van der Waals surface area contributed by atoms with Gasteiger partial charge in [-0.25, -0.2) is 4.39 Å². The standard InChI is InChI=1S/C14H22FN3O/c1-11-8-12(4-5-13(11)15)9-17-14(19)10-18(3)7-6-16-2/h4-5,8,16H,6-7,9-10H2,1-3H3,(H,17,19). The monoisotopic (exact) mass is 267 g/mol. The maximum atomic E-state index is 13.1. The lowest BCUT2D eigenvalue weighted by Gasteiger charge is -2.15. The summed E-state index contributed by atoms with van der Waals surface area (Å²) >= 11 is 0. The van der Waals surface area contributed by atoms with E-state index in [4.69, 9.17) is 0 Å². The summed E-state index contributed by atoms with van der Waals surface area (Å²) in [7, 11) is 3.78. The molecule has 1 amide bonds. The molecule has 0 heterocycles. The van der Waals surface area contributed by atoms with Crippen LogP contribution in [0.15, 0.2) is 18.2 Å². The number of benzene rings is 1. The Hall–Kier alpha value is -1.46. The molecular weight excluding hydrogens is 245 g/mol. The molecule has 19 heavy (non-hydrogen) atoms. The van der Waals surface area contributed by atoms with Crippen molar-refractivity contribution in [1.29, 1.82) is 0 Å². The van der Waals surface area contributed by atoms with Gasteiger partial charge in [0.2, 0.25) is 5.91 Å². The van der Waals surface area contributed by atoms with Gasteiger partial charge in [-0.2, -0.15) is 0 Å². The van der Waals surface area contributed by atoms with Gasteiger partial charge in [-0.15, -0.1) is 0 Å². The molecular formula is C14H22FN3O. The Labute approximate surface area is 114 Å². The molecule has 0 unspecified atom stereocenters. The fraction of sp³-hybridized carbons (Fsp3) is 0.500. The number of nitrogens with one attached hydrogen (secondary N) is 2. The number of likely N-dealkylation sites (N-methyl/N-ethyl adjacent to an activating group) is 2. The van der Waals surface area contributed by atoms with Crippen molar-refractivity contribution in [2.45, 2.75) is 13.5 Å². The Morgan fingerprint density at radius 1 is 1.42 bits per heavy atom. The number of aryl methyl sites for hydroxylation is 1. The fourth-order valence-corrected chi connectivity index (χ4v) is 1.70. The smallest absolute Gasteiger partial charge is 0.234 e. The molecule has 4 nitrogen and oxygen atoms in total. The second kappa shape index (κ2) is 7.86. The Balaban J connectivity index is 2.35. The summed E-state index contributed by atoms with van der Waals surface area (Å²) in [6.45, 7) is 4.17. The van der Waals surface area contributed by atoms with Gasteiger partial charge in [0.25, 0.3) is 0 Å². The zero-order valence-electron chi connectivity index (χ0n) is 11.8. The molecule has 0 aliphatic rings. The van der Waals surface area contributed by atoms with E-state index in [1.807, 2.05) is 19.0 Å². The minimum absolute atomic E-state index is 0.0272. The Bertz CT molecular complexity index is 423. The predicted molar refractivity (Wildman–Crippen MR) is 74.4 cm³/mol. The number of rotatable bonds is 7. The van der Waals surface area contributed by atoms with Crippen LogP contribution in [0.25, 0.3) is 0 Å². The topological polar surface area (TPSA) is 44.4 Å². The minimum Gasteiger partial charge on any atom is -0.351 e. The van der Waals surface area contributed by atoms with E-state index in [0.717, 1.165) is 18.7 Å². The third-order valence-electron chi connectivity index (χ3n) is 2.87. The highest BCUT2D eigenvalue weighted by molar-refractivity contribution is 5.77. The van der Waals surface area contributed by atoms with Gasteiger partial charge in [0.15, 0.2) is 0 Å². The molecule has 2 N–H and O–H groups in total. The average molecular weight is 267 g/mol. The van der Waals surface area contributed by atoms with Crippen LogP contribution in [0.5, 0.6) is 0 Å². The first-order valence-electron chi connectivity index (χ1n) is 6.38. The van der Waals surface area contributed by atoms with Crippen LogP contribution in [-0.4, -0.2) is 44.5 Å². The molecule has 1 aromatic carbocycles. The lowest BCUT2D eigenvalue weighted by Crippen LogP contribution is -2.37. The summed E-state index contributed by atoms with van der Waals surface area (Å²) in [5.74, 6) is -0.248. The largest absolute Gasteiger partial charge is 0.351 e. The predicted octanol–water partition coefficient (Wildman–Crippen LogP) is 0.902. The third-order valence-corrected chi connectivity index (χ3v) is 2.87. The quantitative estimate of drug-likeness (QED) is 0.771. The van der Waals surface area contributed by atoms with Crippen LogP contribution < -0.4 is 10.6 Å². The summed E-state index contributed by atoms with van der Waals surface area (Å²) in [6, 6.07) is 4.86. The van der Waals surface area contributed by atoms with Crippen molar-refractivity contribution in [1.82, 2.24) is 15.5 Å². The van der Waals surface area contributed by atoms with Crippen LogP contribution in [0.3, 0.4) is 0 Å². The van der Waals surface area contributed by atoms with E-state index in [0.29, 0.717) is 18.7 Å². The lowest BCUT2D eigenvalue weighted by molar-refractivity contribution is -0.122. The number of amides is 1. The van der Waals surface area contributed by atoms with Crippen molar-refractivity contribution in [3.05, 3.63) is 35.1 Å². The van der Waals surface area contributed by atoms with Crippen molar-refractivity contribution in [2.75, 3.05) is 33.7 Å². The van der Waals surface area contributed by atoms with Crippen LogP contribution in [0.2, 0.25) is 0 Å². The first-order valence-corrected chi connectivity index (χ1v) is 6.38. The van der Waals surface area contributed by atoms with Crippen LogP contribution in [0.4, 0.5) is 4.39 Å². The normalized spacial score (nSPS) is 10.8. The van der Waals surface area contributed by atoms with E-state index in [1.54, 1.807) is 19.1 Å². The first kappa shape index (κ1) is 15.6. The van der Waals surface area contributed by atoms with E-state index in [-0.39, 0.29) is 11.7 Å². The number of hydrogen-bond acceptors (Lipinski definition) is 3. The zero-order valence-corrected chi connectivity index (χ0v) is 11.8. The van der Waals surface area contributed by atoms with Gasteiger partial charge in [-0.1, -0.05) is 12.1 Å². The van der Waals surface area contributed by atoms with E-state index in [2.05, 4.69) is 10.6 Å². The molecule has 0 bridgehead atoms. The molecule has 0 saturated heterocycles. The van der Waals surface area contributed by atoms with Crippen LogP contribution in [0, 0.1) is 12.7 Å². The molecule has 0 spiro atoms. The molecule has 0 atom stereocenters. The second-order valence-electron chi connectivity index (χ2n) is 4.70. The highest BCUT2D eigenvalue weighted by Gasteiger charge is 2.06. The molecule has 0 saturated carbocycles. The van der Waals surface area contributed by atoms with Crippen molar-refractivity contribution < 1.29 is 9.18 Å². The first-order chi connectivity index (χ1) is 9.02. The second-order valence-corrected chi connectivity index (χ2v) is 4.70. The van der Waals surface area contributed by atoms with E-state index in [1.165, 1.54) is 6.07 Å². The number of halogens is 1. The average Bonchev–Trinajstić information content (AvgIpc) is 2.38. The molecule has 106 valence electrons. The number of carbonyl (C=O) groups excluding carboxylic acids is 1. The molecule has 0 radical (unpaired) electrons. The van der Waals surface area contributed by atoms with Gasteiger partial charge < -0.3 is 10.6 Å². The highest BCUT2D eigenvalue weighted by Crippen LogP contribution is 2.08. The molecule has 1 aromatic rings. The van der Waals surface area contributed by atoms with Gasteiger partial charge in [0.05, 0.1) is 6.54 Å². The summed E-state index contributed by atoms with van der Waals surface area (Å²) in [4.78, 5) is 13.6. The Morgan fingerprint density at radius 3 is 2.79 bits per heavy atom. The Kier molecular flexibility index (Phi) is 6.45. The molecule has 5 heteroatoms. The van der Waals surface area contributed by atoms with E-state index < -0.39 is 0 Å². The molecule has 0 aromatic heterocycles. The summed E-state index contributed by atoms with van der Waals surface area (Å²) in [5.41, 5.74) is 1.50. The minimum atomic E-state index is -0.220. The third kappa shape index (κ3) is 5.81. The zero-order chi connectivity index (χ0) is 14.3. The van der Waals surface area contributed by atoms with Crippen molar-refractivity contribution in [3.63, 3.8) is 0 Å². The SMILES string of the molecule is CNCCN(C)CC(=O)NCc1ccc(F)c(C)c1. The van der Waals surface area contributed by atoms with Crippen LogP contribution in [0.1, 0.15) is 11.1 Å². The van der Waals surface area contributed by atoms with Crippen molar-refractivity contribution in [2.24, 2.45) is 0 Å². The fourth-order valence-electron chi connectivity index (χ4n) is 1.70. The highest BCUT2D eigenvalue weighted by atomic mass is 19.1. The van der Waals surface area contributed by atoms with Crippen LogP contribution in [-0.2, 0) is 11.3 Å². The number of carbonyl (C=O) groups is 1. The van der Waals surface area contributed by atoms with Crippen molar-refractivity contribution >= 4 is 5.91 Å². The molecule has 1 rings (SSSR count). The van der Waals surface area contributed by atoms with Gasteiger partial charge in [0.1, 0.15) is 5.82 Å². The Morgan fingerprint density at radius 2 is 2.16 bits per heavy atom. The maximum Gasteiger partial charge on any atom is 0.234 e. The number of nitrogens with zero attached hydrogens (tertiary/aromatic N) is 1. The molecule has 0 fully saturated rings. The van der Waals surface area contributed by atoms with Gasteiger partial charge in [-0.3, -0.25) is 9.69 Å². The van der Waals surface area contributed by atoms with Gasteiger partial charge >= 0.3 is 0 Å². The summed E-state index contributed by atoms with van der Waals surface area (Å²) in [6.07, 6.45) is 0. The summed E-state index contributed by atoms with van der Waals surface area (Å²) in [5, 5.41) is 5.86. The number of hydrogen-bond donors (Lipinski definition) is 2. The van der Waals surface area contributed by atoms with Gasteiger partial charge in [0, 0.05) is 19.6 Å². The molecule has 0 aliphatic carbocycles. The molecule has 0 aliphatic heterocycles. The lowest BCUT2D eigenvalue weighted by atomic mass is 10.1.